The van der Waals surface area contributed by atoms with Crippen molar-refractivity contribution in [3.05, 3.63) is 0 Å². The van der Waals surface area contributed by atoms with Gasteiger partial charge in [-0.15, -0.1) is 0 Å². The first-order chi connectivity index (χ1) is 8.06. The third-order valence-corrected chi connectivity index (χ3v) is 2.33. The van der Waals surface area contributed by atoms with Crippen LogP contribution in [0.3, 0.4) is 0 Å². The summed E-state index contributed by atoms with van der Waals surface area (Å²) in [7, 11) is 1.18. The van der Waals surface area contributed by atoms with Gasteiger partial charge in [-0.3, -0.25) is 14.5 Å². The van der Waals surface area contributed by atoms with Crippen LogP contribution in [0, 0.1) is 0 Å². The van der Waals surface area contributed by atoms with Crippen molar-refractivity contribution in [2.45, 2.75) is 39.3 Å². The quantitative estimate of drug-likeness (QED) is 0.398. The number of esters is 1. The van der Waals surface area contributed by atoms with E-state index in [-0.39, 0.29) is 0 Å². The highest BCUT2D eigenvalue weighted by atomic mass is 16.6. The Morgan fingerprint density at radius 3 is 2.00 bits per heavy atom. The number of nitrogens with zero attached hydrogens (tertiary/aromatic N) is 2. The molecule has 1 aliphatic heterocycles. The molecule has 1 heterocycles. The Hall–Kier alpha value is -1.92. The van der Waals surface area contributed by atoms with Crippen LogP contribution in [0.25, 0.3) is 0 Å². The molecule has 1 aliphatic rings. The third kappa shape index (κ3) is 2.49. The van der Waals surface area contributed by atoms with Gasteiger partial charge >= 0.3 is 23.8 Å². The van der Waals surface area contributed by atoms with Gasteiger partial charge in [0.15, 0.2) is 0 Å². The Kier molecular flexibility index (Phi) is 3.45. The van der Waals surface area contributed by atoms with Gasteiger partial charge in [0.1, 0.15) is 11.6 Å². The highest BCUT2D eigenvalue weighted by Crippen LogP contribution is 2.17. The van der Waals surface area contributed by atoms with Crippen molar-refractivity contribution in [1.29, 1.82) is 0 Å². The maximum atomic E-state index is 11.8. The smallest absolute Gasteiger partial charge is 0.334 e. The van der Waals surface area contributed by atoms with Gasteiger partial charge < -0.3 is 4.74 Å². The average molecular weight is 256 g/mol. The maximum Gasteiger partial charge on any atom is 0.334 e. The lowest BCUT2D eigenvalue weighted by Crippen LogP contribution is -2.46. The van der Waals surface area contributed by atoms with Gasteiger partial charge in [0.2, 0.25) is 0 Å². The fourth-order valence-corrected chi connectivity index (χ4v) is 1.42. The molecular weight excluding hydrogens is 240 g/mol. The van der Waals surface area contributed by atoms with Gasteiger partial charge in [-0.2, -0.15) is 0 Å². The minimum Gasteiger partial charge on any atom is -0.458 e. The van der Waals surface area contributed by atoms with Gasteiger partial charge in [-0.05, 0) is 27.7 Å². The molecule has 7 nitrogen and oxygen atoms in total. The zero-order chi connectivity index (χ0) is 14.2. The molecule has 1 saturated heterocycles. The number of urea groups is 1. The summed E-state index contributed by atoms with van der Waals surface area (Å²) in [4.78, 5) is 47.5. The zero-order valence-electron chi connectivity index (χ0n) is 11.0. The number of ether oxygens (including phenoxy) is 1. The highest BCUT2D eigenvalue weighted by Gasteiger charge is 2.47. The molecule has 0 radical (unpaired) electrons. The third-order valence-electron chi connectivity index (χ3n) is 2.33. The Labute approximate surface area is 105 Å². The Bertz CT molecular complexity index is 424. The lowest BCUT2D eigenvalue weighted by atomic mass is 10.2. The molecule has 0 aromatic carbocycles. The van der Waals surface area contributed by atoms with Gasteiger partial charge in [-0.25, -0.2) is 14.5 Å². The molecular formula is C11H16N2O5. The molecule has 0 N–H and O–H groups in total. The predicted molar refractivity (Wildman–Crippen MR) is 60.3 cm³/mol. The molecule has 7 heteroatoms. The van der Waals surface area contributed by atoms with Gasteiger partial charge in [0, 0.05) is 7.05 Å². The summed E-state index contributed by atoms with van der Waals surface area (Å²) < 4.78 is 5.06. The number of amides is 4. The van der Waals surface area contributed by atoms with Crippen LogP contribution in [0.5, 0.6) is 0 Å². The van der Waals surface area contributed by atoms with Crippen LogP contribution in [-0.4, -0.2) is 52.3 Å². The van der Waals surface area contributed by atoms with Crippen molar-refractivity contribution < 1.29 is 23.9 Å². The molecule has 1 rings (SSSR count). The Morgan fingerprint density at radius 1 is 1.17 bits per heavy atom. The number of imide groups is 2. The normalized spacial score (nSPS) is 18.4. The van der Waals surface area contributed by atoms with Crippen LogP contribution in [0.2, 0.25) is 0 Å². The lowest BCUT2D eigenvalue weighted by Gasteiger charge is -2.25. The number of carbonyl (C=O) groups excluding carboxylic acids is 4. The van der Waals surface area contributed by atoms with E-state index < -0.39 is 35.5 Å². The zero-order valence-corrected chi connectivity index (χ0v) is 11.0. The van der Waals surface area contributed by atoms with Crippen LogP contribution in [0.15, 0.2) is 0 Å². The van der Waals surface area contributed by atoms with Gasteiger partial charge in [0.25, 0.3) is 0 Å². The van der Waals surface area contributed by atoms with Crippen molar-refractivity contribution in [3.63, 3.8) is 0 Å². The van der Waals surface area contributed by atoms with Gasteiger partial charge in [0.05, 0.1) is 0 Å². The van der Waals surface area contributed by atoms with Crippen molar-refractivity contribution in [2.75, 3.05) is 7.05 Å². The largest absolute Gasteiger partial charge is 0.458 e. The summed E-state index contributed by atoms with van der Waals surface area (Å²) in [5.41, 5.74) is -0.729. The number of hydrogen-bond acceptors (Lipinski definition) is 5. The molecule has 1 fully saturated rings. The van der Waals surface area contributed by atoms with Crippen LogP contribution in [-0.2, 0) is 19.1 Å². The summed E-state index contributed by atoms with van der Waals surface area (Å²) in [5, 5.41) is 0. The second-order valence-electron chi connectivity index (χ2n) is 5.03. The van der Waals surface area contributed by atoms with E-state index in [0.29, 0.717) is 9.80 Å². The van der Waals surface area contributed by atoms with E-state index in [2.05, 4.69) is 0 Å². The minimum atomic E-state index is -1.13. The summed E-state index contributed by atoms with van der Waals surface area (Å²) >= 11 is 0. The first-order valence-electron chi connectivity index (χ1n) is 5.44. The molecule has 1 atom stereocenters. The fourth-order valence-electron chi connectivity index (χ4n) is 1.42. The van der Waals surface area contributed by atoms with E-state index in [1.54, 1.807) is 20.8 Å². The first-order valence-corrected chi connectivity index (χ1v) is 5.44. The molecule has 0 saturated carbocycles. The summed E-state index contributed by atoms with van der Waals surface area (Å²) in [6, 6.07) is -1.94. The standard InChI is InChI=1S/C11H16N2O5/c1-6(9(16)18-11(2,3)4)13-8(15)7(14)12(5)10(13)17/h6H,1-5H3. The average Bonchev–Trinajstić information content (AvgIpc) is 2.40. The SMILES string of the molecule is CC(C(=O)OC(C)(C)C)N1C(=O)C(=O)N(C)C1=O. The Balaban J connectivity index is 2.88. The monoisotopic (exact) mass is 256 g/mol. The van der Waals surface area contributed by atoms with Crippen molar-refractivity contribution in [3.8, 4) is 0 Å². The maximum absolute atomic E-state index is 11.8. The fraction of sp³-hybridized carbons (Fsp3) is 0.636. The molecule has 0 aromatic heterocycles. The second-order valence-corrected chi connectivity index (χ2v) is 5.03. The summed E-state index contributed by atoms with van der Waals surface area (Å²) in [6.45, 7) is 6.35. The highest BCUT2D eigenvalue weighted by molar-refractivity contribution is 6.45. The second kappa shape index (κ2) is 4.40. The minimum absolute atomic E-state index is 0.608. The van der Waals surface area contributed by atoms with E-state index in [0.717, 1.165) is 0 Å². The number of hydrogen-bond donors (Lipinski definition) is 0. The van der Waals surface area contributed by atoms with Crippen LogP contribution < -0.4 is 0 Å². The van der Waals surface area contributed by atoms with Crippen molar-refractivity contribution in [1.82, 2.24) is 9.80 Å². The number of rotatable bonds is 2. The molecule has 4 amide bonds. The lowest BCUT2D eigenvalue weighted by molar-refractivity contribution is -0.161. The molecule has 100 valence electrons. The van der Waals surface area contributed by atoms with Gasteiger partial charge in [-0.1, -0.05) is 0 Å². The van der Waals surface area contributed by atoms with E-state index in [1.807, 2.05) is 0 Å². The number of likely N-dealkylation sites (N-methyl/N-ethyl adjacent to an activating group) is 1. The van der Waals surface area contributed by atoms with Crippen LogP contribution >= 0.6 is 0 Å². The predicted octanol–water partition coefficient (Wildman–Crippen LogP) is 0.137. The molecule has 18 heavy (non-hydrogen) atoms. The number of carbonyl (C=O) groups is 4. The van der Waals surface area contributed by atoms with E-state index in [1.165, 1.54) is 14.0 Å². The molecule has 0 bridgehead atoms. The van der Waals surface area contributed by atoms with Crippen LogP contribution in [0.4, 0.5) is 4.79 Å². The molecule has 0 aromatic rings. The molecule has 0 aliphatic carbocycles. The van der Waals surface area contributed by atoms with Crippen molar-refractivity contribution in [2.24, 2.45) is 0 Å². The van der Waals surface area contributed by atoms with Crippen molar-refractivity contribution >= 4 is 23.8 Å². The van der Waals surface area contributed by atoms with E-state index in [9.17, 15) is 19.2 Å². The first kappa shape index (κ1) is 14.1. The van der Waals surface area contributed by atoms with E-state index >= 15 is 0 Å². The van der Waals surface area contributed by atoms with Crippen LogP contribution in [0.1, 0.15) is 27.7 Å². The summed E-state index contributed by atoms with van der Waals surface area (Å²) in [6.07, 6.45) is 0. The van der Waals surface area contributed by atoms with E-state index in [4.69, 9.17) is 4.74 Å². The topological polar surface area (TPSA) is 84.0 Å². The molecule has 1 unspecified atom stereocenters. The molecule has 0 spiro atoms. The Morgan fingerprint density at radius 2 is 1.67 bits per heavy atom. The summed E-state index contributed by atoms with van der Waals surface area (Å²) in [5.74, 6) is -2.69.